The van der Waals surface area contributed by atoms with Crippen molar-refractivity contribution in [2.24, 2.45) is 28.8 Å². The SMILES string of the molecule is CO[C@H]1/C=C/O[C@@]2(C)Oc3c(C)c(O)c4c(O)c(c5c(c4c3C2=O)NC2C=CC(/C=N/N3CCCCC3)=CN52)NC(=O)/C(C)=C\C=C\[C@H](C)[C@H](O)[C@@H](C)[C@@H](O)[C@@H](C)[C@H](OC(C)=O)[C@@H]1C. The third-order valence-corrected chi connectivity index (χ3v) is 13.3. The summed E-state index contributed by atoms with van der Waals surface area (Å²) >= 11 is 0. The molecule has 0 radical (unpaired) electrons. The quantitative estimate of drug-likeness (QED) is 0.0835. The first-order valence-electron chi connectivity index (χ1n) is 22.0. The number of carbonyl (C=O) groups excluding carboxylic acids is 3. The number of anilines is 3. The standard InChI is InChI=1S/C48H61N5O11/c1-24-14-13-15-25(2)47(60)51-38-39-37(50-33-17-16-31(23-53(33)39)22-49-52-19-11-10-12-20-52)34-35(43(38)58)42(57)29(6)45-36(34)46(59)48(8,64-45)62-21-18-32(61-9)26(3)44(63-30(7)54)28(5)41(56)27(4)40(24)55/h13-18,21-24,26-28,32-33,40-41,44,50,55-58H,10-12,19-20H2,1-9H3,(H,51,60)/b14-13+,21-18+,25-15-,49-22+/t24-,26+,27+,28+,32-,33?,40-,41+,44+,48-/m0/s1. The number of allylic oxidation sites excluding steroid dienone is 4. The van der Waals surface area contributed by atoms with Crippen molar-refractivity contribution >= 4 is 51.7 Å². The van der Waals surface area contributed by atoms with Crippen molar-refractivity contribution in [3.8, 4) is 17.2 Å². The zero-order chi connectivity index (χ0) is 46.4. The summed E-state index contributed by atoms with van der Waals surface area (Å²) in [5, 5.41) is 60.4. The van der Waals surface area contributed by atoms with Gasteiger partial charge in [-0.1, -0.05) is 52.0 Å². The summed E-state index contributed by atoms with van der Waals surface area (Å²) in [5.41, 5.74) is 1.87. The van der Waals surface area contributed by atoms with Gasteiger partial charge in [0.25, 0.3) is 11.7 Å². The number of ketones is 1. The zero-order valence-electron chi connectivity index (χ0n) is 37.9. The lowest BCUT2D eigenvalue weighted by molar-refractivity contribution is -0.160. The van der Waals surface area contributed by atoms with E-state index in [0.717, 1.165) is 37.9 Å². The van der Waals surface area contributed by atoms with Crippen LogP contribution in [0.25, 0.3) is 10.8 Å². The van der Waals surface area contributed by atoms with Gasteiger partial charge in [-0.05, 0) is 45.3 Å². The van der Waals surface area contributed by atoms with Crippen molar-refractivity contribution in [1.82, 2.24) is 5.01 Å². The van der Waals surface area contributed by atoms with Crippen LogP contribution in [0.4, 0.5) is 17.1 Å². The van der Waals surface area contributed by atoms with Gasteiger partial charge in [0.2, 0.25) is 0 Å². The average molecular weight is 884 g/mol. The van der Waals surface area contributed by atoms with Crippen LogP contribution in [0.5, 0.6) is 17.2 Å². The van der Waals surface area contributed by atoms with Crippen LogP contribution in [0, 0.1) is 30.6 Å². The number of phenolic OH excluding ortho intramolecular Hbond substituents is 2. The summed E-state index contributed by atoms with van der Waals surface area (Å²) in [4.78, 5) is 43.1. The largest absolute Gasteiger partial charge is 0.507 e. The number of Topliss-reactive ketones (excluding diaryl/α,β-unsaturated/α-hetero) is 1. The number of fused-ring (bicyclic) bond motifs is 2. The first-order valence-corrected chi connectivity index (χ1v) is 22.0. The van der Waals surface area contributed by atoms with E-state index in [0.29, 0.717) is 11.4 Å². The van der Waals surface area contributed by atoms with Gasteiger partial charge in [0.15, 0.2) is 5.75 Å². The Kier molecular flexibility index (Phi) is 13.2. The number of rotatable bonds is 4. The van der Waals surface area contributed by atoms with Gasteiger partial charge in [-0.15, -0.1) is 0 Å². The number of benzene rings is 2. The van der Waals surface area contributed by atoms with Crippen molar-refractivity contribution in [3.05, 3.63) is 71.2 Å². The molecular formula is C48H61N5O11. The Labute approximate surface area is 373 Å². The molecule has 10 atom stereocenters. The number of ether oxygens (including phenoxy) is 4. The molecule has 7 rings (SSSR count). The Bertz CT molecular complexity index is 2380. The first kappa shape index (κ1) is 46.2. The molecule has 5 aliphatic heterocycles. The number of piperidine rings is 1. The molecule has 2 aromatic carbocycles. The van der Waals surface area contributed by atoms with E-state index in [-0.39, 0.29) is 44.7 Å². The van der Waals surface area contributed by atoms with E-state index >= 15 is 0 Å². The smallest absolute Gasteiger partial charge is 0.312 e. The topological polar surface area (TPSA) is 212 Å². The summed E-state index contributed by atoms with van der Waals surface area (Å²) in [6.07, 6.45) is 14.1. The van der Waals surface area contributed by atoms with Crippen LogP contribution in [0.2, 0.25) is 0 Å². The summed E-state index contributed by atoms with van der Waals surface area (Å²) in [6.45, 7) is 14.6. The molecule has 16 nitrogen and oxygen atoms in total. The molecule has 4 bridgehead atoms. The van der Waals surface area contributed by atoms with Crippen molar-refractivity contribution in [1.29, 1.82) is 0 Å². The highest BCUT2D eigenvalue weighted by Gasteiger charge is 2.51. The first-order chi connectivity index (χ1) is 30.4. The maximum absolute atomic E-state index is 14.8. The molecule has 16 heteroatoms. The van der Waals surface area contributed by atoms with Gasteiger partial charge in [0.05, 0.1) is 53.1 Å². The Hall–Kier alpha value is -5.84. The molecular weight excluding hydrogens is 823 g/mol. The third-order valence-electron chi connectivity index (χ3n) is 13.3. The normalized spacial score (nSPS) is 32.8. The van der Waals surface area contributed by atoms with Crippen molar-refractivity contribution in [2.75, 3.05) is 35.7 Å². The molecule has 1 fully saturated rings. The fraction of sp³-hybridized carbons (Fsp3) is 0.500. The fourth-order valence-electron chi connectivity index (χ4n) is 9.39. The number of aliphatic hydroxyl groups is 2. The minimum Gasteiger partial charge on any atom is -0.507 e. The summed E-state index contributed by atoms with van der Waals surface area (Å²) < 4.78 is 24.1. The Morgan fingerprint density at radius 2 is 1.67 bits per heavy atom. The molecule has 5 aliphatic rings. The van der Waals surface area contributed by atoms with Gasteiger partial charge in [0, 0.05) is 86.0 Å². The van der Waals surface area contributed by atoms with E-state index in [1.165, 1.54) is 27.2 Å². The number of hydrogen-bond donors (Lipinski definition) is 6. The Morgan fingerprint density at radius 1 is 0.953 bits per heavy atom. The van der Waals surface area contributed by atoms with Crippen LogP contribution in [0.3, 0.4) is 0 Å². The summed E-state index contributed by atoms with van der Waals surface area (Å²) in [7, 11) is 1.47. The van der Waals surface area contributed by atoms with Crippen molar-refractivity contribution < 1.29 is 53.8 Å². The minimum atomic E-state index is -1.96. The number of esters is 1. The number of nitrogens with one attached hydrogen (secondary N) is 2. The molecule has 6 N–H and O–H groups in total. The van der Waals surface area contributed by atoms with Gasteiger partial charge in [-0.3, -0.25) is 19.4 Å². The number of methoxy groups -OCH3 is 1. The highest BCUT2D eigenvalue weighted by atomic mass is 16.7. The monoisotopic (exact) mass is 883 g/mol. The number of hydrogen-bond acceptors (Lipinski definition) is 15. The average Bonchev–Trinajstić information content (AvgIpc) is 3.78. The molecule has 64 heavy (non-hydrogen) atoms. The number of hydrazone groups is 1. The van der Waals surface area contributed by atoms with E-state index in [9.17, 15) is 34.8 Å². The van der Waals surface area contributed by atoms with Crippen LogP contribution in [-0.4, -0.2) is 106 Å². The maximum Gasteiger partial charge on any atom is 0.312 e. The second-order valence-electron chi connectivity index (χ2n) is 17.8. The van der Waals surface area contributed by atoms with E-state index in [1.54, 1.807) is 72.1 Å². The van der Waals surface area contributed by atoms with Gasteiger partial charge in [-0.25, -0.2) is 0 Å². The fourth-order valence-corrected chi connectivity index (χ4v) is 9.39. The molecule has 0 aliphatic carbocycles. The van der Waals surface area contributed by atoms with Crippen molar-refractivity contribution in [2.45, 2.75) is 111 Å². The molecule has 0 spiro atoms. The summed E-state index contributed by atoms with van der Waals surface area (Å²) in [6, 6.07) is 0. The molecule has 5 heterocycles. The van der Waals surface area contributed by atoms with Crippen LogP contribution in [-0.2, 0) is 23.8 Å². The van der Waals surface area contributed by atoms with E-state index in [1.807, 2.05) is 28.3 Å². The lowest BCUT2D eigenvalue weighted by atomic mass is 9.78. The lowest BCUT2D eigenvalue weighted by Crippen LogP contribution is -2.46. The van der Waals surface area contributed by atoms with E-state index < -0.39 is 83.4 Å². The second-order valence-corrected chi connectivity index (χ2v) is 17.8. The maximum atomic E-state index is 14.8. The number of amides is 1. The second kappa shape index (κ2) is 18.3. The summed E-state index contributed by atoms with van der Waals surface area (Å²) in [5.74, 6) is -6.90. The predicted molar refractivity (Wildman–Crippen MR) is 243 cm³/mol. The van der Waals surface area contributed by atoms with Gasteiger partial charge in [-0.2, -0.15) is 5.10 Å². The highest BCUT2D eigenvalue weighted by Crippen LogP contribution is 2.59. The molecule has 1 amide bonds. The number of carbonyl (C=O) groups is 3. The van der Waals surface area contributed by atoms with E-state index in [2.05, 4.69) is 10.6 Å². The minimum absolute atomic E-state index is 0.0111. The zero-order valence-corrected chi connectivity index (χ0v) is 37.9. The number of aromatic hydroxyl groups is 2. The van der Waals surface area contributed by atoms with Crippen LogP contribution < -0.4 is 20.3 Å². The molecule has 1 saturated heterocycles. The molecule has 344 valence electrons. The van der Waals surface area contributed by atoms with Crippen LogP contribution in [0.15, 0.2) is 65.2 Å². The molecule has 0 saturated carbocycles. The predicted octanol–water partition coefficient (Wildman–Crippen LogP) is 6.53. The van der Waals surface area contributed by atoms with Crippen LogP contribution >= 0.6 is 0 Å². The molecule has 0 aromatic heterocycles. The highest BCUT2D eigenvalue weighted by molar-refractivity contribution is 6.27. The lowest BCUT2D eigenvalue weighted by Gasteiger charge is -2.38. The molecule has 2 aromatic rings. The number of phenols is 2. The van der Waals surface area contributed by atoms with E-state index in [4.69, 9.17) is 24.0 Å². The Morgan fingerprint density at radius 3 is 2.36 bits per heavy atom. The number of nitrogens with zero attached hydrogens (tertiary/aromatic N) is 3. The van der Waals surface area contributed by atoms with Gasteiger partial charge >= 0.3 is 11.8 Å². The van der Waals surface area contributed by atoms with Crippen molar-refractivity contribution in [3.63, 3.8) is 0 Å². The Balaban J connectivity index is 1.39. The van der Waals surface area contributed by atoms with Gasteiger partial charge < -0.3 is 54.9 Å². The van der Waals surface area contributed by atoms with Gasteiger partial charge in [0.1, 0.15) is 29.5 Å². The number of aliphatic hydroxyl groups excluding tert-OH is 2. The van der Waals surface area contributed by atoms with Crippen LogP contribution in [0.1, 0.15) is 83.7 Å². The third kappa shape index (κ3) is 8.46. The molecule has 1 unspecified atom stereocenters.